The molecule has 2 aromatic rings. The van der Waals surface area contributed by atoms with Crippen LogP contribution < -0.4 is 4.74 Å². The van der Waals surface area contributed by atoms with Gasteiger partial charge in [0.25, 0.3) is 5.92 Å². The average molecular weight is 322 g/mol. The number of hydrogen-bond donors (Lipinski definition) is 1. The summed E-state index contributed by atoms with van der Waals surface area (Å²) in [7, 11) is 1.27. The van der Waals surface area contributed by atoms with Crippen LogP contribution in [0.5, 0.6) is 5.75 Å². The quantitative estimate of drug-likeness (QED) is 0.819. The number of carbonyl (C=O) groups excluding carboxylic acids is 1. The number of H-pyrrole nitrogens is 1. The Morgan fingerprint density at radius 1 is 1.43 bits per heavy atom. The van der Waals surface area contributed by atoms with Crippen LogP contribution in [0.4, 0.5) is 8.78 Å². The standard InChI is InChI=1S/C16H16F2N2O3/c1-22-15(21)12-8-10-2-4-16(17,18)5-7-23-13-9-19-6-3-11(13)14(10)20-12/h3,6,8-9,20H,2,4-5,7H2,1H3. The summed E-state index contributed by atoms with van der Waals surface area (Å²) in [6, 6.07) is 3.29. The van der Waals surface area contributed by atoms with Crippen LogP contribution in [0, 0.1) is 0 Å². The molecular weight excluding hydrogens is 306 g/mol. The summed E-state index contributed by atoms with van der Waals surface area (Å²) in [5, 5.41) is 0. The zero-order chi connectivity index (χ0) is 16.4. The number of alkyl halides is 2. The van der Waals surface area contributed by atoms with Crippen molar-refractivity contribution in [2.75, 3.05) is 13.7 Å². The fourth-order valence-electron chi connectivity index (χ4n) is 2.61. The number of fused-ring (bicyclic) bond motifs is 3. The molecule has 0 unspecified atom stereocenters. The number of aryl methyl sites for hydroxylation is 1. The van der Waals surface area contributed by atoms with Gasteiger partial charge in [-0.1, -0.05) is 0 Å². The molecule has 122 valence electrons. The van der Waals surface area contributed by atoms with Gasteiger partial charge < -0.3 is 14.5 Å². The molecular formula is C16H16F2N2O3. The van der Waals surface area contributed by atoms with E-state index in [0.717, 1.165) is 0 Å². The maximum atomic E-state index is 13.9. The topological polar surface area (TPSA) is 64.2 Å². The Balaban J connectivity index is 2.10. The Kier molecular flexibility index (Phi) is 4.02. The van der Waals surface area contributed by atoms with Gasteiger partial charge in [0.05, 0.1) is 25.6 Å². The van der Waals surface area contributed by atoms with E-state index in [-0.39, 0.29) is 31.6 Å². The Morgan fingerprint density at radius 2 is 2.26 bits per heavy atom. The van der Waals surface area contributed by atoms with Crippen molar-refractivity contribution in [1.29, 1.82) is 0 Å². The summed E-state index contributed by atoms with van der Waals surface area (Å²) in [5.74, 6) is -2.96. The third kappa shape index (κ3) is 3.18. The van der Waals surface area contributed by atoms with Crippen LogP contribution in [-0.2, 0) is 11.2 Å². The van der Waals surface area contributed by atoms with Gasteiger partial charge in [0.15, 0.2) is 0 Å². The molecule has 3 rings (SSSR count). The summed E-state index contributed by atoms with van der Waals surface area (Å²) in [4.78, 5) is 18.7. The molecule has 0 atom stereocenters. The van der Waals surface area contributed by atoms with Crippen molar-refractivity contribution in [1.82, 2.24) is 9.97 Å². The molecule has 1 aliphatic heterocycles. The minimum Gasteiger partial charge on any atom is -0.491 e. The fraction of sp³-hybridized carbons (Fsp3) is 0.375. The molecule has 0 fully saturated rings. The number of methoxy groups -OCH3 is 1. The lowest BCUT2D eigenvalue weighted by Gasteiger charge is -2.19. The first-order chi connectivity index (χ1) is 11.0. The first kappa shape index (κ1) is 15.5. The minimum absolute atomic E-state index is 0.0917. The lowest BCUT2D eigenvalue weighted by atomic mass is 10.0. The van der Waals surface area contributed by atoms with E-state index in [9.17, 15) is 13.6 Å². The first-order valence-electron chi connectivity index (χ1n) is 7.25. The van der Waals surface area contributed by atoms with Crippen molar-refractivity contribution in [3.05, 3.63) is 35.8 Å². The third-order valence-corrected chi connectivity index (χ3v) is 3.84. The smallest absolute Gasteiger partial charge is 0.354 e. The van der Waals surface area contributed by atoms with Gasteiger partial charge in [-0.2, -0.15) is 0 Å². The summed E-state index contributed by atoms with van der Waals surface area (Å²) in [6.45, 7) is -0.0917. The van der Waals surface area contributed by atoms with Gasteiger partial charge in [-0.3, -0.25) is 4.98 Å². The normalized spacial score (nSPS) is 16.7. The highest BCUT2D eigenvalue weighted by Crippen LogP contribution is 2.36. The van der Waals surface area contributed by atoms with Gasteiger partial charge >= 0.3 is 5.97 Å². The SMILES string of the molecule is COC(=O)c1cc2c([nH]1)-c1ccncc1OCCC(F)(F)CC2. The molecule has 5 nitrogen and oxygen atoms in total. The molecule has 0 saturated carbocycles. The van der Waals surface area contributed by atoms with E-state index < -0.39 is 11.9 Å². The molecule has 7 heteroatoms. The predicted molar refractivity (Wildman–Crippen MR) is 78.7 cm³/mol. The van der Waals surface area contributed by atoms with E-state index in [1.807, 2.05) is 0 Å². The molecule has 23 heavy (non-hydrogen) atoms. The molecule has 0 aliphatic carbocycles. The van der Waals surface area contributed by atoms with Gasteiger partial charge in [0, 0.05) is 24.6 Å². The summed E-state index contributed by atoms with van der Waals surface area (Å²) in [6.07, 6.45) is 2.56. The average Bonchev–Trinajstić information content (AvgIpc) is 2.96. The van der Waals surface area contributed by atoms with Crippen LogP contribution in [-0.4, -0.2) is 35.6 Å². The lowest BCUT2D eigenvalue weighted by Crippen LogP contribution is -2.21. The number of aromatic amines is 1. The lowest BCUT2D eigenvalue weighted by molar-refractivity contribution is -0.0261. The Morgan fingerprint density at radius 3 is 3.04 bits per heavy atom. The number of nitrogens with one attached hydrogen (secondary N) is 1. The van der Waals surface area contributed by atoms with Crippen LogP contribution in [0.15, 0.2) is 24.5 Å². The van der Waals surface area contributed by atoms with Gasteiger partial charge in [-0.25, -0.2) is 13.6 Å². The van der Waals surface area contributed by atoms with Crippen LogP contribution in [0.1, 0.15) is 28.9 Å². The van der Waals surface area contributed by atoms with Crippen molar-refractivity contribution >= 4 is 5.97 Å². The van der Waals surface area contributed by atoms with Crippen molar-refractivity contribution in [2.24, 2.45) is 0 Å². The monoisotopic (exact) mass is 322 g/mol. The predicted octanol–water partition coefficient (Wildman–Crippen LogP) is 3.21. The van der Waals surface area contributed by atoms with Crippen molar-refractivity contribution < 1.29 is 23.0 Å². The van der Waals surface area contributed by atoms with Crippen LogP contribution in [0.25, 0.3) is 11.3 Å². The number of aromatic nitrogens is 2. The molecule has 0 spiro atoms. The highest BCUT2D eigenvalue weighted by molar-refractivity contribution is 5.89. The summed E-state index contributed by atoms with van der Waals surface area (Å²) in [5.41, 5.74) is 2.13. The highest BCUT2D eigenvalue weighted by Gasteiger charge is 2.31. The second-order valence-corrected chi connectivity index (χ2v) is 5.40. The summed E-state index contributed by atoms with van der Waals surface area (Å²) < 4.78 is 37.9. The molecule has 0 saturated heterocycles. The maximum absolute atomic E-state index is 13.9. The number of nitrogens with zero attached hydrogens (tertiary/aromatic N) is 1. The van der Waals surface area contributed by atoms with Crippen LogP contribution in [0.3, 0.4) is 0 Å². The Labute approximate surface area is 131 Å². The fourth-order valence-corrected chi connectivity index (χ4v) is 2.61. The largest absolute Gasteiger partial charge is 0.491 e. The summed E-state index contributed by atoms with van der Waals surface area (Å²) >= 11 is 0. The minimum atomic E-state index is -2.82. The van der Waals surface area contributed by atoms with Gasteiger partial charge in [-0.15, -0.1) is 0 Å². The zero-order valence-corrected chi connectivity index (χ0v) is 12.6. The number of esters is 1. The molecule has 1 aliphatic rings. The number of ether oxygens (including phenoxy) is 2. The van der Waals surface area contributed by atoms with Gasteiger partial charge in [0.1, 0.15) is 11.4 Å². The second kappa shape index (κ2) is 5.98. The Hall–Kier alpha value is -2.44. The number of pyridine rings is 1. The molecule has 0 bridgehead atoms. The maximum Gasteiger partial charge on any atom is 0.354 e. The Bertz CT molecular complexity index is 728. The van der Waals surface area contributed by atoms with E-state index in [4.69, 9.17) is 9.47 Å². The van der Waals surface area contributed by atoms with Crippen LogP contribution in [0.2, 0.25) is 0 Å². The van der Waals surface area contributed by atoms with Crippen LogP contribution >= 0.6 is 0 Å². The molecule has 0 aromatic carbocycles. The van der Waals surface area contributed by atoms with Crippen molar-refractivity contribution in [2.45, 2.75) is 25.2 Å². The third-order valence-electron chi connectivity index (χ3n) is 3.84. The number of rotatable bonds is 1. The van der Waals surface area contributed by atoms with E-state index in [2.05, 4.69) is 9.97 Å². The molecule has 0 radical (unpaired) electrons. The van der Waals surface area contributed by atoms with Gasteiger partial charge in [0.2, 0.25) is 0 Å². The van der Waals surface area contributed by atoms with Gasteiger partial charge in [-0.05, 0) is 24.1 Å². The van der Waals surface area contributed by atoms with E-state index in [1.54, 1.807) is 18.3 Å². The zero-order valence-electron chi connectivity index (χ0n) is 12.6. The number of halogens is 2. The van der Waals surface area contributed by atoms with Crippen molar-refractivity contribution in [3.63, 3.8) is 0 Å². The van der Waals surface area contributed by atoms with Crippen molar-refractivity contribution in [3.8, 4) is 17.0 Å². The second-order valence-electron chi connectivity index (χ2n) is 5.40. The molecule has 3 heterocycles. The number of carbonyl (C=O) groups is 1. The highest BCUT2D eigenvalue weighted by atomic mass is 19.3. The molecule has 0 amide bonds. The first-order valence-corrected chi connectivity index (χ1v) is 7.25. The molecule has 2 aromatic heterocycles. The van der Waals surface area contributed by atoms with E-state index in [0.29, 0.717) is 22.6 Å². The number of hydrogen-bond acceptors (Lipinski definition) is 4. The van der Waals surface area contributed by atoms with E-state index >= 15 is 0 Å². The molecule has 1 N–H and O–H groups in total. The van der Waals surface area contributed by atoms with E-state index in [1.165, 1.54) is 13.3 Å².